The van der Waals surface area contributed by atoms with Gasteiger partial charge in [0.25, 0.3) is 0 Å². The molecule has 0 bridgehead atoms. The third kappa shape index (κ3) is 9.37. The first-order chi connectivity index (χ1) is 21.0. The molecule has 2 unspecified atom stereocenters. The highest BCUT2D eigenvalue weighted by molar-refractivity contribution is 7.13. The van der Waals surface area contributed by atoms with E-state index in [9.17, 15) is 14.4 Å². The molecule has 9 nitrogen and oxygen atoms in total. The number of alkyl halides is 1. The topological polar surface area (TPSA) is 82.3 Å². The number of piperazine rings is 1. The average molecular weight is 623 g/mol. The van der Waals surface area contributed by atoms with Crippen LogP contribution in [0.25, 0.3) is 5.57 Å². The molecule has 1 saturated heterocycles. The molecule has 0 spiro atoms. The number of likely N-dealkylation sites (N-methyl/N-ethyl adjacent to an activating group) is 3. The lowest BCUT2D eigenvalue weighted by Gasteiger charge is -2.36. The second-order valence-corrected chi connectivity index (χ2v) is 12.4. The molecule has 3 heterocycles. The number of halogens is 1. The summed E-state index contributed by atoms with van der Waals surface area (Å²) in [4.78, 5) is 32.2. The number of hydrogen-bond donors (Lipinski definition) is 0. The number of nitrogens with zero attached hydrogens (tertiary/aromatic N) is 8. The second kappa shape index (κ2) is 16.4. The monoisotopic (exact) mass is 622 g/mol. The van der Waals surface area contributed by atoms with Gasteiger partial charge in [-0.25, -0.2) is 14.4 Å². The Hall–Kier alpha value is -3.75. The van der Waals surface area contributed by atoms with Crippen molar-refractivity contribution in [1.29, 1.82) is 5.26 Å². The Bertz CT molecular complexity index is 1340. The molecule has 0 N–H and O–H groups in total. The number of nitriles is 1. The molecule has 0 aromatic carbocycles. The van der Waals surface area contributed by atoms with Crippen molar-refractivity contribution in [2.45, 2.75) is 32.9 Å². The minimum absolute atomic E-state index is 0.121. The number of rotatable bonds is 14. The number of carbonyl (C=O) groups excluding carboxylic acids is 1. The first-order valence-electron chi connectivity index (χ1n) is 15.1. The highest BCUT2D eigenvalue weighted by atomic mass is 32.1. The Morgan fingerprint density at radius 1 is 1.27 bits per heavy atom. The van der Waals surface area contributed by atoms with Gasteiger partial charge in [0.1, 0.15) is 5.84 Å². The summed E-state index contributed by atoms with van der Waals surface area (Å²) in [6, 6.07) is 2.23. The molecule has 11 heteroatoms. The number of amidine groups is 1. The van der Waals surface area contributed by atoms with E-state index < -0.39 is 12.1 Å². The Balaban J connectivity index is 1.67. The van der Waals surface area contributed by atoms with Gasteiger partial charge in [0.2, 0.25) is 5.91 Å². The van der Waals surface area contributed by atoms with Gasteiger partial charge in [0.15, 0.2) is 5.13 Å². The number of carbonyl (C=O) groups is 1. The molecular formula is C33H47FN8OS. The van der Waals surface area contributed by atoms with Crippen LogP contribution in [0, 0.1) is 17.2 Å². The van der Waals surface area contributed by atoms with E-state index in [0.29, 0.717) is 24.4 Å². The Labute approximate surface area is 266 Å². The molecule has 0 radical (unpaired) electrons. The Kier molecular flexibility index (Phi) is 12.9. The summed E-state index contributed by atoms with van der Waals surface area (Å²) >= 11 is 1.50. The van der Waals surface area contributed by atoms with E-state index in [-0.39, 0.29) is 12.3 Å². The summed E-state index contributed by atoms with van der Waals surface area (Å²) in [6.07, 6.45) is 7.29. The summed E-state index contributed by atoms with van der Waals surface area (Å²) in [7, 11) is 7.62. The lowest BCUT2D eigenvalue weighted by Crippen LogP contribution is -2.48. The normalized spacial score (nSPS) is 17.8. The highest BCUT2D eigenvalue weighted by Gasteiger charge is 2.24. The van der Waals surface area contributed by atoms with Gasteiger partial charge in [-0.2, -0.15) is 5.26 Å². The van der Waals surface area contributed by atoms with Gasteiger partial charge < -0.3 is 19.6 Å². The van der Waals surface area contributed by atoms with Gasteiger partial charge in [-0.1, -0.05) is 32.2 Å². The molecule has 3 rings (SSSR count). The lowest BCUT2D eigenvalue weighted by atomic mass is 9.93. The van der Waals surface area contributed by atoms with Crippen molar-refractivity contribution in [3.63, 3.8) is 0 Å². The van der Waals surface area contributed by atoms with E-state index in [1.165, 1.54) is 23.8 Å². The van der Waals surface area contributed by atoms with E-state index in [1.54, 1.807) is 31.1 Å². The maximum absolute atomic E-state index is 13.7. The van der Waals surface area contributed by atoms with E-state index in [0.717, 1.165) is 61.5 Å². The van der Waals surface area contributed by atoms with Gasteiger partial charge in [-0.15, -0.1) is 11.3 Å². The number of thiazole rings is 1. The smallest absolute Gasteiger partial charge is 0.236 e. The molecule has 1 aromatic rings. The van der Waals surface area contributed by atoms with Crippen LogP contribution in [-0.2, 0) is 4.79 Å². The third-order valence-electron chi connectivity index (χ3n) is 7.80. The van der Waals surface area contributed by atoms with E-state index in [1.807, 2.05) is 31.6 Å². The molecule has 238 valence electrons. The third-order valence-corrected chi connectivity index (χ3v) is 8.76. The number of anilines is 1. The van der Waals surface area contributed by atoms with Crippen LogP contribution in [0.5, 0.6) is 0 Å². The fourth-order valence-corrected chi connectivity index (χ4v) is 6.01. The molecule has 0 aliphatic carbocycles. The summed E-state index contributed by atoms with van der Waals surface area (Å²) in [5.74, 6) is 0.431. The largest absolute Gasteiger partial charge is 0.369 e. The summed E-state index contributed by atoms with van der Waals surface area (Å²) in [6.45, 7) is 16.8. The Morgan fingerprint density at radius 2 is 1.98 bits per heavy atom. The predicted octanol–water partition coefficient (Wildman–Crippen LogP) is 4.82. The molecule has 44 heavy (non-hydrogen) atoms. The summed E-state index contributed by atoms with van der Waals surface area (Å²) in [5, 5.41) is 12.4. The van der Waals surface area contributed by atoms with Crippen molar-refractivity contribution in [2.24, 2.45) is 10.9 Å². The maximum atomic E-state index is 13.7. The molecule has 1 fully saturated rings. The van der Waals surface area contributed by atoms with Crippen molar-refractivity contribution >= 4 is 33.8 Å². The van der Waals surface area contributed by atoms with Crippen LogP contribution in [0.4, 0.5) is 9.52 Å². The second-order valence-electron chi connectivity index (χ2n) is 11.5. The van der Waals surface area contributed by atoms with Gasteiger partial charge in [-0.3, -0.25) is 9.69 Å². The minimum Gasteiger partial charge on any atom is -0.369 e. The van der Waals surface area contributed by atoms with Crippen molar-refractivity contribution in [2.75, 3.05) is 78.9 Å². The molecule has 2 aliphatic heterocycles. The average Bonchev–Trinajstić information content (AvgIpc) is 3.48. The zero-order valence-corrected chi connectivity index (χ0v) is 27.9. The zero-order valence-electron chi connectivity index (χ0n) is 27.1. The standard InChI is InChI=1S/C33H47FN8OS/c1-9-11-28(26(19-35)18-24(3)34)30-23-44-33(37-30)40(8)21-27-20-39(7)31(36-29(27)10-2)13-12-25(4)42-16-14-41(15-17-42)22-32(43)38(5)6/h9,11-13,23-24,26H,1,4,10,14-18,20-22H2,2-3,5-8H3/b13-12-,28-11+. The molecule has 1 aromatic heterocycles. The number of amides is 1. The number of hydrogen-bond acceptors (Lipinski definition) is 9. The number of allylic oxidation sites excluding steroid dienone is 5. The van der Waals surface area contributed by atoms with Gasteiger partial charge in [0, 0.05) is 84.2 Å². The van der Waals surface area contributed by atoms with Gasteiger partial charge >= 0.3 is 0 Å². The van der Waals surface area contributed by atoms with Crippen LogP contribution in [-0.4, -0.2) is 117 Å². The van der Waals surface area contributed by atoms with E-state index in [2.05, 4.69) is 45.8 Å². The van der Waals surface area contributed by atoms with Crippen LogP contribution < -0.4 is 4.90 Å². The minimum atomic E-state index is -1.09. The number of aromatic nitrogens is 1. The summed E-state index contributed by atoms with van der Waals surface area (Å²) in [5.41, 5.74) is 4.60. The van der Waals surface area contributed by atoms with Crippen LogP contribution in [0.15, 0.2) is 64.8 Å². The molecule has 1 amide bonds. The fraction of sp³-hybridized carbons (Fsp3) is 0.515. The zero-order chi connectivity index (χ0) is 32.4. The SMILES string of the molecule is C=C/C=C(/c1csc(N(C)CC2=C(CC)N=C(/C=C\C(=C)N3CCN(CC(=O)N(C)C)CC3)N(C)C2)n1)C(C#N)CC(C)F. The van der Waals surface area contributed by atoms with Crippen LogP contribution >= 0.6 is 11.3 Å². The summed E-state index contributed by atoms with van der Waals surface area (Å²) < 4.78 is 13.7. The van der Waals surface area contributed by atoms with Gasteiger partial charge in [0.05, 0.1) is 30.4 Å². The van der Waals surface area contributed by atoms with Crippen LogP contribution in [0.1, 0.15) is 32.4 Å². The van der Waals surface area contributed by atoms with Crippen LogP contribution in [0.2, 0.25) is 0 Å². The van der Waals surface area contributed by atoms with Crippen LogP contribution in [0.3, 0.4) is 0 Å². The quantitative estimate of drug-likeness (QED) is 0.275. The van der Waals surface area contributed by atoms with Crippen molar-refractivity contribution in [3.05, 3.63) is 65.5 Å². The molecular weight excluding hydrogens is 575 g/mol. The highest BCUT2D eigenvalue weighted by Crippen LogP contribution is 2.32. The Morgan fingerprint density at radius 3 is 2.57 bits per heavy atom. The first-order valence-corrected chi connectivity index (χ1v) is 15.9. The van der Waals surface area contributed by atoms with Crippen molar-refractivity contribution < 1.29 is 9.18 Å². The van der Waals surface area contributed by atoms with E-state index >= 15 is 0 Å². The molecule has 2 aliphatic rings. The van der Waals surface area contributed by atoms with Crippen molar-refractivity contribution in [1.82, 2.24) is 24.6 Å². The molecule has 2 atom stereocenters. The van der Waals surface area contributed by atoms with E-state index in [4.69, 9.17) is 9.98 Å². The predicted molar refractivity (Wildman–Crippen MR) is 180 cm³/mol. The molecule has 0 saturated carbocycles. The maximum Gasteiger partial charge on any atom is 0.236 e. The first kappa shape index (κ1) is 34.7. The van der Waals surface area contributed by atoms with Gasteiger partial charge in [-0.05, 0) is 43.1 Å². The number of aliphatic imine (C=N–C) groups is 1. The fourth-order valence-electron chi connectivity index (χ4n) is 5.21. The van der Waals surface area contributed by atoms with Crippen molar-refractivity contribution in [3.8, 4) is 6.07 Å². The lowest BCUT2D eigenvalue weighted by molar-refractivity contribution is -0.130.